The van der Waals surface area contributed by atoms with Crippen LogP contribution in [-0.4, -0.2) is 19.7 Å². The first-order valence-corrected chi connectivity index (χ1v) is 4.61. The van der Waals surface area contributed by atoms with Gasteiger partial charge in [0.15, 0.2) is 5.82 Å². The van der Waals surface area contributed by atoms with Crippen molar-refractivity contribution in [3.63, 3.8) is 0 Å². The van der Waals surface area contributed by atoms with E-state index in [2.05, 4.69) is 28.2 Å². The first kappa shape index (κ1) is 8.87. The van der Waals surface area contributed by atoms with E-state index < -0.39 is 0 Å². The third-order valence-corrected chi connectivity index (χ3v) is 2.09. The summed E-state index contributed by atoms with van der Waals surface area (Å²) in [5.74, 6) is 0.878. The third kappa shape index (κ3) is 1.51. The van der Waals surface area contributed by atoms with Crippen LogP contribution in [0.1, 0.15) is 12.5 Å². The minimum absolute atomic E-state index is 0.871. The van der Waals surface area contributed by atoms with Crippen LogP contribution < -0.4 is 0 Å². The molecule has 0 aromatic carbocycles. The third-order valence-electron chi connectivity index (χ3n) is 2.09. The van der Waals surface area contributed by atoms with Crippen LogP contribution in [0.15, 0.2) is 24.8 Å². The van der Waals surface area contributed by atoms with Crippen molar-refractivity contribution in [3.05, 3.63) is 30.4 Å². The summed E-state index contributed by atoms with van der Waals surface area (Å²) in [4.78, 5) is 4.13. The van der Waals surface area contributed by atoms with Crippen LogP contribution >= 0.6 is 0 Å². The molecule has 0 aliphatic carbocycles. The quantitative estimate of drug-likeness (QED) is 0.720. The largest absolute Gasteiger partial charge is 0.314 e. The molecule has 0 aliphatic heterocycles. The van der Waals surface area contributed by atoms with Gasteiger partial charge in [-0.25, -0.2) is 0 Å². The van der Waals surface area contributed by atoms with Gasteiger partial charge in [-0.05, 0) is 25.5 Å². The second-order valence-electron chi connectivity index (χ2n) is 3.19. The van der Waals surface area contributed by atoms with Crippen LogP contribution in [0.2, 0.25) is 0 Å². The van der Waals surface area contributed by atoms with Gasteiger partial charge in [0.05, 0.1) is 0 Å². The molecule has 14 heavy (non-hydrogen) atoms. The molecule has 0 saturated heterocycles. The first-order chi connectivity index (χ1) is 6.81. The van der Waals surface area contributed by atoms with Crippen molar-refractivity contribution < 1.29 is 0 Å². The average molecular weight is 188 g/mol. The Kier molecular flexibility index (Phi) is 2.26. The summed E-state index contributed by atoms with van der Waals surface area (Å²) in [7, 11) is 0. The highest BCUT2D eigenvalue weighted by molar-refractivity contribution is 5.54. The molecule has 2 heterocycles. The van der Waals surface area contributed by atoms with Crippen molar-refractivity contribution in [2.24, 2.45) is 0 Å². The highest BCUT2D eigenvalue weighted by Gasteiger charge is 2.05. The molecule has 0 N–H and O–H groups in total. The van der Waals surface area contributed by atoms with E-state index in [0.29, 0.717) is 0 Å². The average Bonchev–Trinajstić information content (AvgIpc) is 2.65. The molecule has 0 amide bonds. The van der Waals surface area contributed by atoms with Crippen molar-refractivity contribution in [1.29, 1.82) is 0 Å². The maximum Gasteiger partial charge on any atom is 0.165 e. The molecule has 4 heteroatoms. The second kappa shape index (κ2) is 3.57. The number of hydrogen-bond acceptors (Lipinski definition) is 3. The van der Waals surface area contributed by atoms with Crippen molar-refractivity contribution in [1.82, 2.24) is 19.7 Å². The van der Waals surface area contributed by atoms with Gasteiger partial charge in [-0.1, -0.05) is 0 Å². The SMILES string of the molecule is CCn1cnnc1-c1cncc(C)c1. The maximum atomic E-state index is 4.13. The molecule has 0 saturated carbocycles. The van der Waals surface area contributed by atoms with Crippen molar-refractivity contribution in [2.45, 2.75) is 20.4 Å². The smallest absolute Gasteiger partial charge is 0.165 e. The molecule has 0 fully saturated rings. The molecule has 72 valence electrons. The highest BCUT2D eigenvalue weighted by atomic mass is 15.3. The highest BCUT2D eigenvalue weighted by Crippen LogP contribution is 2.15. The predicted molar refractivity (Wildman–Crippen MR) is 53.7 cm³/mol. The summed E-state index contributed by atoms with van der Waals surface area (Å²) in [5, 5.41) is 7.96. The Labute approximate surface area is 82.6 Å². The lowest BCUT2D eigenvalue weighted by atomic mass is 10.2. The molecule has 0 aliphatic rings. The zero-order valence-electron chi connectivity index (χ0n) is 8.31. The van der Waals surface area contributed by atoms with Gasteiger partial charge >= 0.3 is 0 Å². The summed E-state index contributed by atoms with van der Waals surface area (Å²) < 4.78 is 2.00. The van der Waals surface area contributed by atoms with Gasteiger partial charge in [-0.2, -0.15) is 0 Å². The number of aryl methyl sites for hydroxylation is 2. The van der Waals surface area contributed by atoms with Crippen molar-refractivity contribution in [3.8, 4) is 11.4 Å². The van der Waals surface area contributed by atoms with Crippen LogP contribution in [0.25, 0.3) is 11.4 Å². The lowest BCUT2D eigenvalue weighted by Gasteiger charge is -2.02. The Hall–Kier alpha value is -1.71. The van der Waals surface area contributed by atoms with Gasteiger partial charge in [0.2, 0.25) is 0 Å². The molecule has 2 aromatic rings. The van der Waals surface area contributed by atoms with E-state index in [1.807, 2.05) is 23.9 Å². The monoisotopic (exact) mass is 188 g/mol. The Morgan fingerprint density at radius 1 is 1.36 bits per heavy atom. The van der Waals surface area contributed by atoms with Gasteiger partial charge in [0.1, 0.15) is 6.33 Å². The minimum Gasteiger partial charge on any atom is -0.314 e. The Balaban J connectivity index is 2.49. The van der Waals surface area contributed by atoms with Gasteiger partial charge in [-0.3, -0.25) is 4.98 Å². The molecular weight excluding hydrogens is 176 g/mol. The summed E-state index contributed by atoms with van der Waals surface area (Å²) in [6.07, 6.45) is 5.37. The first-order valence-electron chi connectivity index (χ1n) is 4.61. The van der Waals surface area contributed by atoms with E-state index >= 15 is 0 Å². The zero-order valence-corrected chi connectivity index (χ0v) is 8.31. The minimum atomic E-state index is 0.871. The van der Waals surface area contributed by atoms with Crippen molar-refractivity contribution >= 4 is 0 Å². The number of aromatic nitrogens is 4. The van der Waals surface area contributed by atoms with E-state index in [1.54, 1.807) is 6.33 Å². The van der Waals surface area contributed by atoms with Crippen LogP contribution in [0.4, 0.5) is 0 Å². The lowest BCUT2D eigenvalue weighted by Crippen LogP contribution is -1.96. The Morgan fingerprint density at radius 2 is 2.21 bits per heavy atom. The van der Waals surface area contributed by atoms with Crippen LogP contribution in [0, 0.1) is 6.92 Å². The number of rotatable bonds is 2. The van der Waals surface area contributed by atoms with Crippen LogP contribution in [0.3, 0.4) is 0 Å². The zero-order chi connectivity index (χ0) is 9.97. The molecule has 0 unspecified atom stereocenters. The fourth-order valence-corrected chi connectivity index (χ4v) is 1.39. The van der Waals surface area contributed by atoms with E-state index in [0.717, 1.165) is 23.5 Å². The summed E-state index contributed by atoms with van der Waals surface area (Å²) in [6.45, 7) is 4.95. The van der Waals surface area contributed by atoms with E-state index in [1.165, 1.54) is 0 Å². The number of pyridine rings is 1. The summed E-state index contributed by atoms with van der Waals surface area (Å²) in [5.41, 5.74) is 2.15. The predicted octanol–water partition coefficient (Wildman–Crippen LogP) is 1.67. The van der Waals surface area contributed by atoms with Gasteiger partial charge in [0.25, 0.3) is 0 Å². The molecule has 0 atom stereocenters. The fraction of sp³-hybridized carbons (Fsp3) is 0.300. The molecule has 2 rings (SSSR count). The second-order valence-corrected chi connectivity index (χ2v) is 3.19. The molecule has 0 bridgehead atoms. The Bertz CT molecular complexity index is 433. The molecule has 4 nitrogen and oxygen atoms in total. The molecule has 0 radical (unpaired) electrons. The normalized spacial score (nSPS) is 10.4. The molecular formula is C10H12N4. The number of hydrogen-bond donors (Lipinski definition) is 0. The number of nitrogens with zero attached hydrogens (tertiary/aromatic N) is 4. The van der Waals surface area contributed by atoms with Gasteiger partial charge < -0.3 is 4.57 Å². The summed E-state index contributed by atoms with van der Waals surface area (Å²) >= 11 is 0. The standard InChI is InChI=1S/C10H12N4/c1-3-14-7-12-13-10(14)9-4-8(2)5-11-6-9/h4-7H,3H2,1-2H3. The van der Waals surface area contributed by atoms with Gasteiger partial charge in [-0.15, -0.1) is 10.2 Å². The molecule has 0 spiro atoms. The van der Waals surface area contributed by atoms with E-state index in [9.17, 15) is 0 Å². The maximum absolute atomic E-state index is 4.13. The summed E-state index contributed by atoms with van der Waals surface area (Å²) in [6, 6.07) is 2.06. The fourth-order valence-electron chi connectivity index (χ4n) is 1.39. The van der Waals surface area contributed by atoms with Crippen LogP contribution in [-0.2, 0) is 6.54 Å². The van der Waals surface area contributed by atoms with Crippen molar-refractivity contribution in [2.75, 3.05) is 0 Å². The van der Waals surface area contributed by atoms with E-state index in [-0.39, 0.29) is 0 Å². The molecule has 2 aromatic heterocycles. The Morgan fingerprint density at radius 3 is 2.93 bits per heavy atom. The van der Waals surface area contributed by atoms with E-state index in [4.69, 9.17) is 0 Å². The lowest BCUT2D eigenvalue weighted by molar-refractivity contribution is 0.766. The van der Waals surface area contributed by atoms with Crippen LogP contribution in [0.5, 0.6) is 0 Å². The topological polar surface area (TPSA) is 43.6 Å². The van der Waals surface area contributed by atoms with Gasteiger partial charge in [0, 0.05) is 24.5 Å².